The van der Waals surface area contributed by atoms with Crippen LogP contribution in [0.5, 0.6) is 11.5 Å². The summed E-state index contributed by atoms with van der Waals surface area (Å²) in [5.74, 6) is 0.119. The van der Waals surface area contributed by atoms with Gasteiger partial charge in [-0.2, -0.15) is 13.8 Å². The third kappa shape index (κ3) is 4.33. The van der Waals surface area contributed by atoms with Crippen molar-refractivity contribution >= 4 is 11.7 Å². The Morgan fingerprint density at radius 1 is 1.21 bits per heavy atom. The minimum atomic E-state index is -2.93. The Balaban J connectivity index is 1.63. The summed E-state index contributed by atoms with van der Waals surface area (Å²) in [7, 11) is 1.37. The van der Waals surface area contributed by atoms with Gasteiger partial charge in [0, 0.05) is 17.9 Å². The monoisotopic (exact) mass is 391 g/mol. The Labute approximate surface area is 159 Å². The molecule has 3 rings (SSSR count). The summed E-state index contributed by atoms with van der Waals surface area (Å²) in [5, 5.41) is 6.90. The van der Waals surface area contributed by atoms with Gasteiger partial charge >= 0.3 is 6.61 Å². The number of aryl methyl sites for hydroxylation is 2. The molecule has 3 aromatic rings. The van der Waals surface area contributed by atoms with Crippen molar-refractivity contribution in [1.29, 1.82) is 0 Å². The predicted molar refractivity (Wildman–Crippen MR) is 95.9 cm³/mol. The highest BCUT2D eigenvalue weighted by molar-refractivity contribution is 5.90. The Hall–Kier alpha value is -3.30. The number of benzene rings is 1. The summed E-state index contributed by atoms with van der Waals surface area (Å²) >= 11 is 0. The van der Waals surface area contributed by atoms with Gasteiger partial charge in [-0.05, 0) is 44.0 Å². The lowest BCUT2D eigenvalue weighted by Gasteiger charge is -2.11. The van der Waals surface area contributed by atoms with Crippen LogP contribution >= 0.6 is 0 Å². The average molecular weight is 391 g/mol. The Morgan fingerprint density at radius 2 is 2.00 bits per heavy atom. The van der Waals surface area contributed by atoms with Crippen LogP contribution in [0.4, 0.5) is 8.78 Å². The molecule has 0 bridgehead atoms. The SMILES string of the molecule is COc1cc(CCNC(=O)c2nc3nc(C)cc(C)n3n2)ccc1OC(F)F. The third-order valence-electron chi connectivity index (χ3n) is 3.96. The molecular weight excluding hydrogens is 372 g/mol. The van der Waals surface area contributed by atoms with Gasteiger partial charge < -0.3 is 14.8 Å². The van der Waals surface area contributed by atoms with Gasteiger partial charge in [-0.25, -0.2) is 9.50 Å². The maximum Gasteiger partial charge on any atom is 0.387 e. The second-order valence-corrected chi connectivity index (χ2v) is 6.06. The number of nitrogens with zero attached hydrogens (tertiary/aromatic N) is 4. The van der Waals surface area contributed by atoms with Crippen molar-refractivity contribution in [2.75, 3.05) is 13.7 Å². The number of halogens is 2. The topological polar surface area (TPSA) is 90.6 Å². The Morgan fingerprint density at radius 3 is 2.71 bits per heavy atom. The van der Waals surface area contributed by atoms with Gasteiger partial charge in [-0.3, -0.25) is 4.79 Å². The van der Waals surface area contributed by atoms with Crippen LogP contribution in [0.3, 0.4) is 0 Å². The number of rotatable bonds is 7. The Kier molecular flexibility index (Phi) is 5.67. The molecule has 0 unspecified atom stereocenters. The molecule has 0 aliphatic rings. The fraction of sp³-hybridized carbons (Fsp3) is 0.333. The summed E-state index contributed by atoms with van der Waals surface area (Å²) < 4.78 is 35.7. The smallest absolute Gasteiger partial charge is 0.387 e. The van der Waals surface area contributed by atoms with Crippen molar-refractivity contribution in [3.63, 3.8) is 0 Å². The molecule has 0 radical (unpaired) electrons. The molecule has 148 valence electrons. The first kappa shape index (κ1) is 19.5. The highest BCUT2D eigenvalue weighted by atomic mass is 19.3. The molecule has 28 heavy (non-hydrogen) atoms. The second-order valence-electron chi connectivity index (χ2n) is 6.06. The molecule has 1 aromatic carbocycles. The normalized spacial score (nSPS) is 11.1. The first-order valence-electron chi connectivity index (χ1n) is 8.48. The van der Waals surface area contributed by atoms with Crippen molar-refractivity contribution < 1.29 is 23.0 Å². The number of ether oxygens (including phenoxy) is 2. The van der Waals surface area contributed by atoms with Crippen LogP contribution in [-0.4, -0.2) is 45.8 Å². The zero-order chi connectivity index (χ0) is 20.3. The molecule has 2 heterocycles. The van der Waals surface area contributed by atoms with Crippen LogP contribution in [0.25, 0.3) is 5.78 Å². The van der Waals surface area contributed by atoms with Gasteiger partial charge in [0.15, 0.2) is 11.5 Å². The minimum absolute atomic E-state index is 0.0273. The summed E-state index contributed by atoms with van der Waals surface area (Å²) in [6, 6.07) is 6.47. The van der Waals surface area contributed by atoms with Crippen LogP contribution in [0.1, 0.15) is 27.6 Å². The predicted octanol–water partition coefficient (Wildman–Crippen LogP) is 2.32. The van der Waals surface area contributed by atoms with E-state index in [0.29, 0.717) is 18.7 Å². The molecular formula is C18H19F2N5O3. The maximum absolute atomic E-state index is 12.4. The molecule has 0 aliphatic carbocycles. The largest absolute Gasteiger partial charge is 0.493 e. The number of carbonyl (C=O) groups excluding carboxylic acids is 1. The van der Waals surface area contributed by atoms with Gasteiger partial charge in [0.1, 0.15) is 0 Å². The molecule has 10 heteroatoms. The molecule has 1 N–H and O–H groups in total. The summed E-state index contributed by atoms with van der Waals surface area (Å²) in [6.07, 6.45) is 0.459. The summed E-state index contributed by atoms with van der Waals surface area (Å²) in [4.78, 5) is 20.7. The van der Waals surface area contributed by atoms with E-state index in [9.17, 15) is 13.6 Å². The average Bonchev–Trinajstić information content (AvgIpc) is 3.06. The van der Waals surface area contributed by atoms with E-state index in [1.54, 1.807) is 12.1 Å². The molecule has 0 spiro atoms. The molecule has 1 amide bonds. The van der Waals surface area contributed by atoms with Gasteiger partial charge in [-0.1, -0.05) is 6.07 Å². The van der Waals surface area contributed by atoms with Crippen LogP contribution in [0.2, 0.25) is 0 Å². The molecule has 8 nitrogen and oxygen atoms in total. The molecule has 2 aromatic heterocycles. The lowest BCUT2D eigenvalue weighted by Crippen LogP contribution is -2.26. The van der Waals surface area contributed by atoms with Crippen LogP contribution in [0, 0.1) is 13.8 Å². The third-order valence-corrected chi connectivity index (χ3v) is 3.96. The van der Waals surface area contributed by atoms with E-state index in [-0.39, 0.29) is 17.3 Å². The highest BCUT2D eigenvalue weighted by Gasteiger charge is 2.15. The van der Waals surface area contributed by atoms with Crippen molar-refractivity contribution in [2.24, 2.45) is 0 Å². The first-order chi connectivity index (χ1) is 13.4. The van der Waals surface area contributed by atoms with Gasteiger partial charge in [-0.15, -0.1) is 5.10 Å². The summed E-state index contributed by atoms with van der Waals surface area (Å²) in [6.45, 7) is 1.07. The van der Waals surface area contributed by atoms with Crippen molar-refractivity contribution in [2.45, 2.75) is 26.9 Å². The van der Waals surface area contributed by atoms with E-state index in [4.69, 9.17) is 4.74 Å². The number of amides is 1. The standard InChI is InChI=1S/C18H19F2N5O3/c1-10-8-11(2)25-18(22-10)23-15(24-25)16(26)21-7-6-12-4-5-13(28-17(19)20)14(9-12)27-3/h4-5,8-9,17H,6-7H2,1-3H3,(H,21,26). The van der Waals surface area contributed by atoms with E-state index < -0.39 is 12.5 Å². The number of carbonyl (C=O) groups is 1. The van der Waals surface area contributed by atoms with Crippen molar-refractivity contribution in [1.82, 2.24) is 24.9 Å². The van der Waals surface area contributed by atoms with Crippen molar-refractivity contribution in [3.8, 4) is 11.5 Å². The lowest BCUT2D eigenvalue weighted by molar-refractivity contribution is -0.0512. The fourth-order valence-corrected chi connectivity index (χ4v) is 2.72. The number of fused-ring (bicyclic) bond motifs is 1. The number of hydrogen-bond donors (Lipinski definition) is 1. The number of nitrogens with one attached hydrogen (secondary N) is 1. The first-order valence-corrected chi connectivity index (χ1v) is 8.48. The number of hydrogen-bond acceptors (Lipinski definition) is 6. The van der Waals surface area contributed by atoms with Crippen LogP contribution in [0.15, 0.2) is 24.3 Å². The molecule has 0 fully saturated rings. The van der Waals surface area contributed by atoms with E-state index >= 15 is 0 Å². The van der Waals surface area contributed by atoms with E-state index in [2.05, 4.69) is 25.1 Å². The maximum atomic E-state index is 12.4. The van der Waals surface area contributed by atoms with E-state index in [1.807, 2.05) is 19.9 Å². The van der Waals surface area contributed by atoms with Crippen LogP contribution < -0.4 is 14.8 Å². The molecule has 0 aliphatic heterocycles. The molecule has 0 atom stereocenters. The zero-order valence-electron chi connectivity index (χ0n) is 15.6. The van der Waals surface area contributed by atoms with Gasteiger partial charge in [0.25, 0.3) is 11.7 Å². The number of aromatic nitrogens is 4. The van der Waals surface area contributed by atoms with Crippen molar-refractivity contribution in [3.05, 3.63) is 47.0 Å². The summed E-state index contributed by atoms with van der Waals surface area (Å²) in [5.41, 5.74) is 2.40. The molecule has 0 saturated heterocycles. The highest BCUT2D eigenvalue weighted by Crippen LogP contribution is 2.29. The fourth-order valence-electron chi connectivity index (χ4n) is 2.72. The zero-order valence-corrected chi connectivity index (χ0v) is 15.6. The quantitative estimate of drug-likeness (QED) is 0.665. The van der Waals surface area contributed by atoms with Gasteiger partial charge in [0.05, 0.1) is 7.11 Å². The Bertz CT molecular complexity index is 1010. The van der Waals surface area contributed by atoms with Gasteiger partial charge in [0.2, 0.25) is 5.82 Å². The number of methoxy groups -OCH3 is 1. The van der Waals surface area contributed by atoms with Crippen LogP contribution in [-0.2, 0) is 6.42 Å². The number of alkyl halides is 2. The van der Waals surface area contributed by atoms with E-state index in [1.165, 1.54) is 17.7 Å². The second kappa shape index (κ2) is 8.15. The lowest BCUT2D eigenvalue weighted by atomic mass is 10.1. The minimum Gasteiger partial charge on any atom is -0.493 e. The molecule has 0 saturated carbocycles. The van der Waals surface area contributed by atoms with E-state index in [0.717, 1.165) is 17.0 Å².